The maximum Gasteiger partial charge on any atom is 0.336 e. The van der Waals surface area contributed by atoms with Crippen LogP contribution >= 0.6 is 11.3 Å². The van der Waals surface area contributed by atoms with Crippen LogP contribution in [0.1, 0.15) is 17.3 Å². The van der Waals surface area contributed by atoms with Gasteiger partial charge in [0.05, 0.1) is 11.3 Å². The van der Waals surface area contributed by atoms with Crippen molar-refractivity contribution in [3.63, 3.8) is 0 Å². The first-order valence-electron chi connectivity index (χ1n) is 5.20. The molecule has 0 aliphatic rings. The van der Waals surface area contributed by atoms with Gasteiger partial charge in [0.15, 0.2) is 9.84 Å². The van der Waals surface area contributed by atoms with Gasteiger partial charge in [0, 0.05) is 17.7 Å². The third-order valence-corrected chi connectivity index (χ3v) is 6.84. The van der Waals surface area contributed by atoms with E-state index in [0.717, 1.165) is 17.4 Å². The lowest BCUT2D eigenvalue weighted by molar-refractivity contribution is 0.0697. The van der Waals surface area contributed by atoms with E-state index in [-0.39, 0.29) is 27.8 Å². The highest BCUT2D eigenvalue weighted by atomic mass is 32.2. The van der Waals surface area contributed by atoms with Crippen LogP contribution in [-0.2, 0) is 19.9 Å². The summed E-state index contributed by atoms with van der Waals surface area (Å²) in [7, 11) is -7.11. The van der Waals surface area contributed by atoms with Gasteiger partial charge in [-0.25, -0.2) is 26.4 Å². The Balaban J connectivity index is 2.73. The third kappa shape index (κ3) is 4.56. The first-order valence-corrected chi connectivity index (χ1v) is 9.38. The van der Waals surface area contributed by atoms with Gasteiger partial charge in [-0.2, -0.15) is 0 Å². The van der Waals surface area contributed by atoms with E-state index >= 15 is 0 Å². The molecule has 0 fully saturated rings. The monoisotopic (exact) mass is 327 g/mol. The summed E-state index contributed by atoms with van der Waals surface area (Å²) in [5.74, 6) is -1.57. The van der Waals surface area contributed by atoms with Gasteiger partial charge in [-0.1, -0.05) is 6.92 Å². The molecule has 1 heterocycles. The summed E-state index contributed by atoms with van der Waals surface area (Å²) in [5, 5.41) is 9.90. The molecule has 0 amide bonds. The highest BCUT2D eigenvalue weighted by Gasteiger charge is 2.19. The molecule has 0 aliphatic carbocycles. The fourth-order valence-electron chi connectivity index (χ4n) is 1.12. The Morgan fingerprint density at radius 2 is 2.00 bits per heavy atom. The lowest BCUT2D eigenvalue weighted by Crippen LogP contribution is -2.29. The standard InChI is InChI=1S/C9H13NO6S3/c1-2-18(13,14)4-3-10-19(15,16)8-5-7(6-17-8)9(11)12/h5-6,10H,2-4H2,1H3,(H,11,12). The molecule has 0 spiro atoms. The van der Waals surface area contributed by atoms with Crippen molar-refractivity contribution in [2.24, 2.45) is 0 Å². The number of hydrogen-bond donors (Lipinski definition) is 2. The molecular formula is C9H13NO6S3. The molecule has 1 rings (SSSR count). The number of sulfonamides is 1. The second kappa shape index (κ2) is 5.99. The SMILES string of the molecule is CCS(=O)(=O)CCNS(=O)(=O)c1cc(C(=O)O)cs1. The fourth-order valence-corrected chi connectivity index (χ4v) is 4.18. The van der Waals surface area contributed by atoms with E-state index in [2.05, 4.69) is 4.72 Å². The summed E-state index contributed by atoms with van der Waals surface area (Å²) < 4.78 is 47.9. The second-order valence-corrected chi connectivity index (χ2v) is 8.97. The normalized spacial score (nSPS) is 12.5. The Labute approximate surface area is 115 Å². The molecule has 0 bridgehead atoms. The molecule has 0 saturated carbocycles. The van der Waals surface area contributed by atoms with Crippen LogP contribution in [0.3, 0.4) is 0 Å². The van der Waals surface area contributed by atoms with Crippen molar-refractivity contribution in [1.29, 1.82) is 0 Å². The topological polar surface area (TPSA) is 118 Å². The Bertz CT molecular complexity index is 658. The molecule has 0 atom stereocenters. The highest BCUT2D eigenvalue weighted by Crippen LogP contribution is 2.19. The molecule has 0 aromatic carbocycles. The Kier molecular flexibility index (Phi) is 5.07. The lowest BCUT2D eigenvalue weighted by Gasteiger charge is -2.04. The molecule has 19 heavy (non-hydrogen) atoms. The maximum atomic E-state index is 11.8. The fraction of sp³-hybridized carbons (Fsp3) is 0.444. The zero-order valence-electron chi connectivity index (χ0n) is 9.99. The van der Waals surface area contributed by atoms with Crippen LogP contribution in [0.15, 0.2) is 15.7 Å². The Morgan fingerprint density at radius 1 is 1.37 bits per heavy atom. The molecule has 2 N–H and O–H groups in total. The van der Waals surface area contributed by atoms with Crippen LogP contribution in [0.25, 0.3) is 0 Å². The number of aromatic carboxylic acids is 1. The average molecular weight is 327 g/mol. The van der Waals surface area contributed by atoms with Crippen molar-refractivity contribution in [3.05, 3.63) is 17.0 Å². The lowest BCUT2D eigenvalue weighted by atomic mass is 10.4. The van der Waals surface area contributed by atoms with E-state index in [4.69, 9.17) is 5.11 Å². The molecule has 7 nitrogen and oxygen atoms in total. The van der Waals surface area contributed by atoms with Gasteiger partial charge >= 0.3 is 5.97 Å². The largest absolute Gasteiger partial charge is 0.478 e. The first-order chi connectivity index (χ1) is 8.68. The summed E-state index contributed by atoms with van der Waals surface area (Å²) in [6.45, 7) is 1.24. The van der Waals surface area contributed by atoms with E-state index in [0.29, 0.717) is 0 Å². The first kappa shape index (κ1) is 16.1. The molecule has 0 radical (unpaired) electrons. The molecule has 0 aliphatic heterocycles. The van der Waals surface area contributed by atoms with Crippen LogP contribution in [-0.4, -0.2) is 46.0 Å². The van der Waals surface area contributed by atoms with Crippen LogP contribution in [0.2, 0.25) is 0 Å². The zero-order valence-corrected chi connectivity index (χ0v) is 12.4. The molecule has 10 heteroatoms. The molecule has 108 valence electrons. The number of thiophene rings is 1. The summed E-state index contributed by atoms with van der Waals surface area (Å²) in [6, 6.07) is 1.03. The van der Waals surface area contributed by atoms with Crippen LogP contribution in [0, 0.1) is 0 Å². The smallest absolute Gasteiger partial charge is 0.336 e. The van der Waals surface area contributed by atoms with Gasteiger partial charge in [-0.05, 0) is 6.07 Å². The highest BCUT2D eigenvalue weighted by molar-refractivity contribution is 7.92. The minimum Gasteiger partial charge on any atom is -0.478 e. The predicted molar refractivity (Wildman–Crippen MR) is 70.8 cm³/mol. The average Bonchev–Trinajstić information content (AvgIpc) is 2.78. The Hall–Kier alpha value is -0.970. The van der Waals surface area contributed by atoms with Gasteiger partial charge in [0.25, 0.3) is 0 Å². The summed E-state index contributed by atoms with van der Waals surface area (Å²) >= 11 is 0.768. The van der Waals surface area contributed by atoms with E-state index in [9.17, 15) is 21.6 Å². The van der Waals surface area contributed by atoms with Crippen molar-refractivity contribution < 1.29 is 26.7 Å². The molecule has 1 aromatic rings. The molecule has 0 saturated heterocycles. The number of carboxylic acid groups (broad SMARTS) is 1. The zero-order chi connectivity index (χ0) is 14.7. The third-order valence-electron chi connectivity index (χ3n) is 2.23. The number of carbonyl (C=O) groups is 1. The van der Waals surface area contributed by atoms with Crippen LogP contribution < -0.4 is 4.72 Å². The number of hydrogen-bond acceptors (Lipinski definition) is 6. The number of carboxylic acids is 1. The minimum absolute atomic E-state index is 0.0586. The second-order valence-electron chi connectivity index (χ2n) is 3.59. The van der Waals surface area contributed by atoms with E-state index in [1.54, 1.807) is 0 Å². The van der Waals surface area contributed by atoms with Crippen molar-refractivity contribution >= 4 is 37.2 Å². The summed E-state index contributed by atoms with van der Waals surface area (Å²) in [6.07, 6.45) is 0. The van der Waals surface area contributed by atoms with Gasteiger partial charge in [-0.3, -0.25) is 0 Å². The van der Waals surface area contributed by atoms with E-state index in [1.165, 1.54) is 12.3 Å². The minimum atomic E-state index is -3.86. The quantitative estimate of drug-likeness (QED) is 0.736. The van der Waals surface area contributed by atoms with Crippen molar-refractivity contribution in [1.82, 2.24) is 4.72 Å². The molecule has 1 aromatic heterocycles. The van der Waals surface area contributed by atoms with Crippen LogP contribution in [0.5, 0.6) is 0 Å². The molecular weight excluding hydrogens is 314 g/mol. The van der Waals surface area contributed by atoms with Crippen molar-refractivity contribution in [3.8, 4) is 0 Å². The van der Waals surface area contributed by atoms with Gasteiger partial charge in [0.1, 0.15) is 4.21 Å². The van der Waals surface area contributed by atoms with Gasteiger partial charge in [-0.15, -0.1) is 11.3 Å². The molecule has 0 unspecified atom stereocenters. The van der Waals surface area contributed by atoms with E-state index in [1.807, 2.05) is 0 Å². The van der Waals surface area contributed by atoms with Gasteiger partial charge in [0.2, 0.25) is 10.0 Å². The van der Waals surface area contributed by atoms with Gasteiger partial charge < -0.3 is 5.11 Å². The maximum absolute atomic E-state index is 11.8. The predicted octanol–water partition coefficient (Wildman–Crippen LogP) is 0.159. The summed E-state index contributed by atoms with van der Waals surface area (Å²) in [5.41, 5.74) is -0.119. The number of nitrogens with one attached hydrogen (secondary N) is 1. The number of rotatable bonds is 7. The van der Waals surface area contributed by atoms with E-state index < -0.39 is 25.8 Å². The Morgan fingerprint density at radius 3 is 2.47 bits per heavy atom. The summed E-state index contributed by atoms with van der Waals surface area (Å²) in [4.78, 5) is 10.6. The van der Waals surface area contributed by atoms with Crippen molar-refractivity contribution in [2.75, 3.05) is 18.1 Å². The number of sulfone groups is 1. The van der Waals surface area contributed by atoms with Crippen LogP contribution in [0.4, 0.5) is 0 Å². The van der Waals surface area contributed by atoms with Crippen molar-refractivity contribution in [2.45, 2.75) is 11.1 Å².